The largest absolute Gasteiger partial charge is 0.439 e. The molecule has 132 valence electrons. The predicted molar refractivity (Wildman–Crippen MR) is 104 cm³/mol. The fourth-order valence-corrected chi connectivity index (χ4v) is 2.95. The Hall–Kier alpha value is -2.85. The van der Waals surface area contributed by atoms with Crippen LogP contribution in [-0.4, -0.2) is 10.9 Å². The van der Waals surface area contributed by atoms with Crippen LogP contribution in [-0.2, 0) is 0 Å². The fourth-order valence-electron chi connectivity index (χ4n) is 2.72. The zero-order chi connectivity index (χ0) is 18.7. The van der Waals surface area contributed by atoms with E-state index in [0.29, 0.717) is 27.9 Å². The lowest BCUT2D eigenvalue weighted by Gasteiger charge is -2.11. The summed E-state index contributed by atoms with van der Waals surface area (Å²) in [6.07, 6.45) is 1.58. The molecule has 0 bridgehead atoms. The number of carbonyl (C=O) groups is 1. The zero-order valence-corrected chi connectivity index (χ0v) is 15.6. The highest BCUT2D eigenvalue weighted by Crippen LogP contribution is 2.26. The van der Waals surface area contributed by atoms with Gasteiger partial charge in [-0.3, -0.25) is 4.79 Å². The van der Waals surface area contributed by atoms with Gasteiger partial charge in [0.15, 0.2) is 0 Å². The number of pyridine rings is 1. The van der Waals surface area contributed by atoms with Crippen LogP contribution >= 0.6 is 11.6 Å². The number of aromatic nitrogens is 1. The van der Waals surface area contributed by atoms with E-state index >= 15 is 0 Å². The average Bonchev–Trinajstić information content (AvgIpc) is 2.59. The van der Waals surface area contributed by atoms with Crippen molar-refractivity contribution in [2.75, 3.05) is 5.32 Å². The second-order valence-corrected chi connectivity index (χ2v) is 6.55. The van der Waals surface area contributed by atoms with Crippen LogP contribution in [0.25, 0.3) is 0 Å². The van der Waals surface area contributed by atoms with E-state index in [-0.39, 0.29) is 5.91 Å². The number of hydrogen-bond acceptors (Lipinski definition) is 3. The molecule has 3 aromatic rings. The monoisotopic (exact) mass is 366 g/mol. The summed E-state index contributed by atoms with van der Waals surface area (Å²) in [5, 5.41) is 3.53. The van der Waals surface area contributed by atoms with E-state index in [1.807, 2.05) is 45.0 Å². The molecule has 0 saturated carbocycles. The smallest absolute Gasteiger partial charge is 0.256 e. The normalized spacial score (nSPS) is 10.5. The van der Waals surface area contributed by atoms with Crippen molar-refractivity contribution in [3.63, 3.8) is 0 Å². The van der Waals surface area contributed by atoms with Crippen molar-refractivity contribution in [3.8, 4) is 11.6 Å². The van der Waals surface area contributed by atoms with Gasteiger partial charge in [-0.15, -0.1) is 0 Å². The number of rotatable bonds is 4. The Bertz CT molecular complexity index is 932. The summed E-state index contributed by atoms with van der Waals surface area (Å²) < 4.78 is 5.76. The van der Waals surface area contributed by atoms with Crippen LogP contribution in [0.5, 0.6) is 11.6 Å². The molecule has 1 amide bonds. The van der Waals surface area contributed by atoms with Gasteiger partial charge in [0.25, 0.3) is 5.91 Å². The molecular formula is C21H19ClN2O2. The van der Waals surface area contributed by atoms with E-state index in [2.05, 4.69) is 10.3 Å². The molecule has 0 spiro atoms. The molecule has 0 fully saturated rings. The van der Waals surface area contributed by atoms with Crippen LogP contribution in [0, 0.1) is 20.8 Å². The number of benzene rings is 2. The van der Waals surface area contributed by atoms with E-state index in [0.717, 1.165) is 16.7 Å². The topological polar surface area (TPSA) is 51.2 Å². The van der Waals surface area contributed by atoms with Crippen molar-refractivity contribution in [3.05, 3.63) is 82.0 Å². The Kier molecular flexibility index (Phi) is 5.24. The number of hydrogen-bond donors (Lipinski definition) is 1. The molecule has 0 saturated heterocycles. The van der Waals surface area contributed by atoms with Crippen molar-refractivity contribution < 1.29 is 9.53 Å². The minimum Gasteiger partial charge on any atom is -0.439 e. The Morgan fingerprint density at radius 2 is 1.73 bits per heavy atom. The minimum atomic E-state index is -0.149. The fraction of sp³-hybridized carbons (Fsp3) is 0.143. The zero-order valence-electron chi connectivity index (χ0n) is 14.8. The van der Waals surface area contributed by atoms with Crippen LogP contribution in [0.4, 0.5) is 5.69 Å². The lowest BCUT2D eigenvalue weighted by atomic mass is 10.0. The van der Waals surface area contributed by atoms with Gasteiger partial charge in [0, 0.05) is 16.7 Å². The molecule has 4 nitrogen and oxygen atoms in total. The third-order valence-corrected chi connectivity index (χ3v) is 4.29. The molecule has 0 aliphatic heterocycles. The number of amides is 1. The van der Waals surface area contributed by atoms with E-state index in [1.54, 1.807) is 30.5 Å². The van der Waals surface area contributed by atoms with Gasteiger partial charge in [-0.25, -0.2) is 4.98 Å². The second kappa shape index (κ2) is 7.58. The van der Waals surface area contributed by atoms with Crippen LogP contribution in [0.2, 0.25) is 5.02 Å². The van der Waals surface area contributed by atoms with Gasteiger partial charge in [0.2, 0.25) is 5.88 Å². The highest BCUT2D eigenvalue weighted by Gasteiger charge is 2.12. The molecular weight excluding hydrogens is 348 g/mol. The van der Waals surface area contributed by atoms with Crippen LogP contribution in [0.15, 0.2) is 54.7 Å². The summed E-state index contributed by atoms with van der Waals surface area (Å²) in [5.74, 6) is 0.985. The number of aryl methyl sites for hydroxylation is 3. The van der Waals surface area contributed by atoms with Crippen LogP contribution in [0.1, 0.15) is 27.0 Å². The quantitative estimate of drug-likeness (QED) is 0.643. The summed E-state index contributed by atoms with van der Waals surface area (Å²) in [6.45, 7) is 5.76. The van der Waals surface area contributed by atoms with E-state index < -0.39 is 0 Å². The number of ether oxygens (including phenoxy) is 1. The Morgan fingerprint density at radius 1 is 1.00 bits per heavy atom. The summed E-state index contributed by atoms with van der Waals surface area (Å²) in [4.78, 5) is 16.8. The third kappa shape index (κ3) is 4.03. The number of carbonyl (C=O) groups excluding carboxylic acids is 1. The van der Waals surface area contributed by atoms with Crippen molar-refractivity contribution in [1.82, 2.24) is 4.98 Å². The van der Waals surface area contributed by atoms with Crippen LogP contribution < -0.4 is 10.1 Å². The molecule has 5 heteroatoms. The Labute approximate surface area is 157 Å². The molecule has 3 rings (SSSR count). The number of nitrogens with one attached hydrogen (secondary N) is 1. The molecule has 1 N–H and O–H groups in total. The Balaban J connectivity index is 1.72. The standard InChI is InChI=1S/C21H19ClN2O2/c1-13-5-4-6-14(2)20(13)21(25)24-17-8-10-19(23-12-17)26-18-9-7-16(22)11-15(18)3/h4-12H,1-3H3,(H,24,25). The van der Waals surface area contributed by atoms with Gasteiger partial charge in [-0.05, 0) is 61.7 Å². The van der Waals surface area contributed by atoms with Gasteiger partial charge >= 0.3 is 0 Å². The average molecular weight is 367 g/mol. The first kappa shape index (κ1) is 18.0. The molecule has 0 aliphatic rings. The van der Waals surface area contributed by atoms with Gasteiger partial charge in [-0.1, -0.05) is 29.8 Å². The van der Waals surface area contributed by atoms with Gasteiger partial charge in [0.05, 0.1) is 11.9 Å². The molecule has 0 aliphatic carbocycles. The van der Waals surface area contributed by atoms with Gasteiger partial charge in [0.1, 0.15) is 5.75 Å². The summed E-state index contributed by atoms with van der Waals surface area (Å²) >= 11 is 5.95. The maximum Gasteiger partial charge on any atom is 0.256 e. The second-order valence-electron chi connectivity index (χ2n) is 6.12. The molecule has 1 aromatic heterocycles. The van der Waals surface area contributed by atoms with Crippen molar-refractivity contribution in [1.29, 1.82) is 0 Å². The number of nitrogens with zero attached hydrogens (tertiary/aromatic N) is 1. The van der Waals surface area contributed by atoms with Gasteiger partial charge < -0.3 is 10.1 Å². The third-order valence-electron chi connectivity index (χ3n) is 4.05. The van der Waals surface area contributed by atoms with E-state index in [9.17, 15) is 4.79 Å². The lowest BCUT2D eigenvalue weighted by molar-refractivity contribution is 0.102. The lowest BCUT2D eigenvalue weighted by Crippen LogP contribution is -2.15. The summed E-state index contributed by atoms with van der Waals surface area (Å²) in [5.41, 5.74) is 4.09. The summed E-state index contributed by atoms with van der Waals surface area (Å²) in [7, 11) is 0. The van der Waals surface area contributed by atoms with E-state index in [4.69, 9.17) is 16.3 Å². The number of halogens is 1. The molecule has 1 heterocycles. The summed E-state index contributed by atoms with van der Waals surface area (Å²) in [6, 6.07) is 14.7. The SMILES string of the molecule is Cc1cc(Cl)ccc1Oc1ccc(NC(=O)c2c(C)cccc2C)cn1. The first-order chi connectivity index (χ1) is 12.4. The molecule has 0 radical (unpaired) electrons. The molecule has 2 aromatic carbocycles. The predicted octanol–water partition coefficient (Wildman–Crippen LogP) is 5.70. The van der Waals surface area contributed by atoms with Gasteiger partial charge in [-0.2, -0.15) is 0 Å². The molecule has 0 atom stereocenters. The van der Waals surface area contributed by atoms with Crippen molar-refractivity contribution in [2.45, 2.75) is 20.8 Å². The molecule has 26 heavy (non-hydrogen) atoms. The van der Waals surface area contributed by atoms with Crippen molar-refractivity contribution in [2.24, 2.45) is 0 Å². The highest BCUT2D eigenvalue weighted by atomic mass is 35.5. The van der Waals surface area contributed by atoms with E-state index in [1.165, 1.54) is 0 Å². The number of anilines is 1. The van der Waals surface area contributed by atoms with Crippen LogP contribution in [0.3, 0.4) is 0 Å². The van der Waals surface area contributed by atoms with Crippen molar-refractivity contribution >= 4 is 23.2 Å². The molecule has 0 unspecified atom stereocenters. The minimum absolute atomic E-state index is 0.149. The maximum atomic E-state index is 12.5. The first-order valence-electron chi connectivity index (χ1n) is 8.21. The highest BCUT2D eigenvalue weighted by molar-refractivity contribution is 6.30. The maximum absolute atomic E-state index is 12.5. The Morgan fingerprint density at radius 3 is 2.35 bits per heavy atom. The first-order valence-corrected chi connectivity index (χ1v) is 8.59.